The van der Waals surface area contributed by atoms with E-state index in [0.717, 1.165) is 122 Å². The molecule has 0 saturated carbocycles. The number of hydrogen-bond donors (Lipinski definition) is 0. The van der Waals surface area contributed by atoms with Crippen LogP contribution in [0, 0.1) is 0 Å². The minimum atomic E-state index is 0.634. The van der Waals surface area contributed by atoms with E-state index in [4.69, 9.17) is 38.7 Å². The maximum atomic E-state index is 6.54. The Morgan fingerprint density at radius 3 is 1.02 bits per heavy atom. The maximum absolute atomic E-state index is 6.54. The van der Waals surface area contributed by atoms with Crippen LogP contribution in [0.5, 0.6) is 0 Å². The number of benzene rings is 14. The Morgan fingerprint density at radius 2 is 0.521 bits per heavy atom. The van der Waals surface area contributed by atoms with Crippen LogP contribution in [0.1, 0.15) is 0 Å². The largest absolute Gasteiger partial charge is 0.455 e. The first-order chi connectivity index (χ1) is 46.6. The molecule has 18 aromatic rings. The van der Waals surface area contributed by atoms with Crippen molar-refractivity contribution in [3.63, 3.8) is 0 Å². The first kappa shape index (κ1) is 55.3. The molecule has 0 amide bonds. The number of rotatable bonds is 10. The second-order valence-corrected chi connectivity index (χ2v) is 23.3. The van der Waals surface area contributed by atoms with E-state index in [1.54, 1.807) is 0 Å². The molecule has 440 valence electrons. The molecule has 0 aliphatic carbocycles. The summed E-state index contributed by atoms with van der Waals surface area (Å²) >= 11 is 0. The van der Waals surface area contributed by atoms with Crippen LogP contribution in [0.25, 0.3) is 178 Å². The van der Waals surface area contributed by atoms with Crippen LogP contribution < -0.4 is 0 Å². The topological polar surface area (TPSA) is 104 Å². The third kappa shape index (κ3) is 10.5. The van der Waals surface area contributed by atoms with Gasteiger partial charge in [-0.05, 0) is 97.4 Å². The van der Waals surface area contributed by atoms with Gasteiger partial charge in [-0.2, -0.15) is 0 Å². The van der Waals surface area contributed by atoms with E-state index < -0.39 is 0 Å². The monoisotopic (exact) mass is 1200 g/mol. The van der Waals surface area contributed by atoms with Gasteiger partial charge < -0.3 is 8.83 Å². The highest BCUT2D eigenvalue weighted by molar-refractivity contribution is 6.23. The Balaban J connectivity index is 0.000000143. The molecule has 0 spiro atoms. The molecule has 8 heteroatoms. The van der Waals surface area contributed by atoms with E-state index in [-0.39, 0.29) is 0 Å². The second kappa shape index (κ2) is 23.9. The highest BCUT2D eigenvalue weighted by Gasteiger charge is 2.20. The van der Waals surface area contributed by atoms with Crippen LogP contribution in [0.3, 0.4) is 0 Å². The minimum Gasteiger partial charge on any atom is -0.455 e. The number of aromatic nitrogens is 6. The van der Waals surface area contributed by atoms with E-state index in [2.05, 4.69) is 194 Å². The molecule has 94 heavy (non-hydrogen) atoms. The third-order valence-corrected chi connectivity index (χ3v) is 17.4. The fourth-order valence-electron chi connectivity index (χ4n) is 12.9. The molecule has 0 N–H and O–H groups in total. The Morgan fingerprint density at radius 1 is 0.181 bits per heavy atom. The van der Waals surface area contributed by atoms with Crippen molar-refractivity contribution in [3.05, 3.63) is 328 Å². The van der Waals surface area contributed by atoms with Gasteiger partial charge in [-0.25, -0.2) is 29.9 Å². The van der Waals surface area contributed by atoms with Crippen molar-refractivity contribution >= 4 is 65.4 Å². The maximum Gasteiger partial charge on any atom is 0.164 e. The molecule has 0 aliphatic heterocycles. The Labute approximate surface area is 541 Å². The molecule has 0 bridgehead atoms. The van der Waals surface area contributed by atoms with Gasteiger partial charge in [0.1, 0.15) is 22.3 Å². The van der Waals surface area contributed by atoms with E-state index in [1.165, 1.54) is 21.5 Å². The number of furan rings is 2. The van der Waals surface area contributed by atoms with Crippen LogP contribution in [0.4, 0.5) is 0 Å². The molecule has 0 radical (unpaired) electrons. The van der Waals surface area contributed by atoms with Gasteiger partial charge in [-0.1, -0.05) is 285 Å². The van der Waals surface area contributed by atoms with Gasteiger partial charge in [-0.15, -0.1) is 0 Å². The zero-order valence-electron chi connectivity index (χ0n) is 50.7. The molecule has 4 heterocycles. The molecule has 8 nitrogen and oxygen atoms in total. The molecule has 0 aliphatic rings. The quantitative estimate of drug-likeness (QED) is 0.133. The molecule has 14 aromatic carbocycles. The molecular formula is C86H54N6O2. The number of fused-ring (bicyclic) bond motifs is 10. The van der Waals surface area contributed by atoms with Gasteiger partial charge in [0, 0.05) is 66.1 Å². The van der Waals surface area contributed by atoms with Crippen molar-refractivity contribution in [1.82, 2.24) is 29.9 Å². The minimum absolute atomic E-state index is 0.634. The van der Waals surface area contributed by atoms with Crippen LogP contribution in [0.2, 0.25) is 0 Å². The number of hydrogen-bond acceptors (Lipinski definition) is 8. The van der Waals surface area contributed by atoms with Gasteiger partial charge in [0.2, 0.25) is 0 Å². The molecule has 0 unspecified atom stereocenters. The fraction of sp³-hybridized carbons (Fsp3) is 0. The highest BCUT2D eigenvalue weighted by atomic mass is 16.3. The lowest BCUT2D eigenvalue weighted by Gasteiger charge is -2.11. The van der Waals surface area contributed by atoms with E-state index in [1.807, 2.05) is 133 Å². The normalized spacial score (nSPS) is 11.4. The summed E-state index contributed by atoms with van der Waals surface area (Å²) in [6.45, 7) is 0. The number of nitrogens with zero attached hydrogens (tertiary/aromatic N) is 6. The molecule has 18 rings (SSSR count). The van der Waals surface area contributed by atoms with Gasteiger partial charge in [0.15, 0.2) is 34.9 Å². The summed E-state index contributed by atoms with van der Waals surface area (Å²) in [6, 6.07) is 113. The van der Waals surface area contributed by atoms with Crippen molar-refractivity contribution in [2.24, 2.45) is 0 Å². The summed E-state index contributed by atoms with van der Waals surface area (Å²) < 4.78 is 13.1. The summed E-state index contributed by atoms with van der Waals surface area (Å²) in [5.74, 6) is 3.85. The predicted molar refractivity (Wildman–Crippen MR) is 384 cm³/mol. The lowest BCUT2D eigenvalue weighted by molar-refractivity contribution is 0.670. The SMILES string of the molecule is c1ccc(-c2nc(-c3ccccc3)nc(-c3cccc(-c4cccc(-c5cc6ccccc6c6c5oc5ccccc56)c4)c3)n2)cc1.c1ccc(-c2nc(-c3ccccc3)nc(-c3cccc(-c4cccc(-c5cccc6c5oc5ccc7ccccc7c56)c4)c3)n2)cc1. The summed E-state index contributed by atoms with van der Waals surface area (Å²) in [5.41, 5.74) is 17.9. The zero-order valence-corrected chi connectivity index (χ0v) is 50.7. The first-order valence-electron chi connectivity index (χ1n) is 31.4. The van der Waals surface area contributed by atoms with Crippen molar-refractivity contribution in [3.8, 4) is 113 Å². The summed E-state index contributed by atoms with van der Waals surface area (Å²) in [7, 11) is 0. The molecular weight excluding hydrogens is 1150 g/mol. The first-order valence-corrected chi connectivity index (χ1v) is 31.4. The summed E-state index contributed by atoms with van der Waals surface area (Å²) in [5, 5.41) is 9.36. The van der Waals surface area contributed by atoms with Crippen molar-refractivity contribution in [1.29, 1.82) is 0 Å². The number of para-hydroxylation sites is 2. The zero-order chi connectivity index (χ0) is 62.3. The summed E-state index contributed by atoms with van der Waals surface area (Å²) in [4.78, 5) is 29.5. The molecule has 0 fully saturated rings. The van der Waals surface area contributed by atoms with E-state index in [9.17, 15) is 0 Å². The van der Waals surface area contributed by atoms with E-state index in [0.29, 0.717) is 34.9 Å². The third-order valence-electron chi connectivity index (χ3n) is 17.4. The van der Waals surface area contributed by atoms with Crippen LogP contribution in [0.15, 0.2) is 336 Å². The smallest absolute Gasteiger partial charge is 0.164 e. The van der Waals surface area contributed by atoms with Gasteiger partial charge >= 0.3 is 0 Å². The fourth-order valence-corrected chi connectivity index (χ4v) is 12.9. The lowest BCUT2D eigenvalue weighted by atomic mass is 9.94. The van der Waals surface area contributed by atoms with Crippen molar-refractivity contribution < 1.29 is 8.83 Å². The predicted octanol–water partition coefficient (Wildman–Crippen LogP) is 22.5. The standard InChI is InChI=1S/2C43H27N3O/c1-3-13-29(14-4-1)41-44-42(30-15-5-2-6-16-30)46-43(45-41)34-20-10-18-32(27-34)31-17-9-19-33(26-31)36-22-11-23-37-39-35-21-8-7-12-28(35)24-25-38(39)47-40(36)37;1-3-13-28(14-4-1)41-44-42(29-15-5-2-6-16-29)46-43(45-41)34-21-12-19-31(26-34)30-18-11-20-32(25-30)37-27-33-17-7-8-22-35(33)39-36-23-9-10-24-38(36)47-40(37)39/h2*1-27H. The van der Waals surface area contributed by atoms with Crippen molar-refractivity contribution in [2.75, 3.05) is 0 Å². The van der Waals surface area contributed by atoms with Gasteiger partial charge in [0.25, 0.3) is 0 Å². The van der Waals surface area contributed by atoms with Crippen LogP contribution in [-0.2, 0) is 0 Å². The second-order valence-electron chi connectivity index (χ2n) is 23.3. The highest BCUT2D eigenvalue weighted by Crippen LogP contribution is 2.44. The average Bonchev–Trinajstić information content (AvgIpc) is 1.57. The van der Waals surface area contributed by atoms with Crippen LogP contribution >= 0.6 is 0 Å². The average molecular weight is 1200 g/mol. The lowest BCUT2D eigenvalue weighted by Crippen LogP contribution is -2.00. The Kier molecular flexibility index (Phi) is 14.0. The molecule has 0 saturated heterocycles. The molecule has 4 aromatic heterocycles. The van der Waals surface area contributed by atoms with Gasteiger partial charge in [0.05, 0.1) is 0 Å². The summed E-state index contributed by atoms with van der Waals surface area (Å²) in [6.07, 6.45) is 0. The van der Waals surface area contributed by atoms with Gasteiger partial charge in [-0.3, -0.25) is 0 Å². The van der Waals surface area contributed by atoms with Crippen LogP contribution in [-0.4, -0.2) is 29.9 Å². The Bertz CT molecular complexity index is 5750. The molecule has 0 atom stereocenters. The van der Waals surface area contributed by atoms with E-state index >= 15 is 0 Å². The van der Waals surface area contributed by atoms with Crippen molar-refractivity contribution in [2.45, 2.75) is 0 Å². The Hall–Kier alpha value is -12.8.